The standard InChI is InChI=1S/C19H22N2O7/c1-3-26-16-9-13(6-7-15(16)28-11-17(22)23)19(25)21-12(2)18(24)20-10-14-5-4-8-27-14/h4-9,12H,3,10-11H2,1-2H3,(H,20,24)(H,21,25)(H,22,23). The predicted molar refractivity (Wildman–Crippen MR) is 98.2 cm³/mol. The maximum atomic E-state index is 12.4. The first kappa shape index (κ1) is 20.8. The molecule has 0 aliphatic carbocycles. The Balaban J connectivity index is 1.98. The van der Waals surface area contributed by atoms with Crippen LogP contribution in [0.15, 0.2) is 41.0 Å². The van der Waals surface area contributed by atoms with E-state index in [9.17, 15) is 14.4 Å². The van der Waals surface area contributed by atoms with Crippen molar-refractivity contribution in [2.75, 3.05) is 13.2 Å². The molecule has 0 saturated heterocycles. The molecule has 2 aromatic rings. The first-order chi connectivity index (χ1) is 13.4. The number of hydrogen-bond donors (Lipinski definition) is 3. The SMILES string of the molecule is CCOc1cc(C(=O)NC(C)C(=O)NCc2ccco2)ccc1OCC(=O)O. The zero-order chi connectivity index (χ0) is 20.5. The fourth-order valence-electron chi connectivity index (χ4n) is 2.26. The summed E-state index contributed by atoms with van der Waals surface area (Å²) in [5.41, 5.74) is 0.247. The number of rotatable bonds is 10. The quantitative estimate of drug-likeness (QED) is 0.562. The third kappa shape index (κ3) is 6.04. The van der Waals surface area contributed by atoms with Crippen LogP contribution >= 0.6 is 0 Å². The molecule has 1 unspecified atom stereocenters. The lowest BCUT2D eigenvalue weighted by atomic mass is 10.1. The Labute approximate surface area is 161 Å². The fraction of sp³-hybridized carbons (Fsp3) is 0.316. The number of aliphatic carboxylic acids is 1. The lowest BCUT2D eigenvalue weighted by Gasteiger charge is -2.15. The van der Waals surface area contributed by atoms with Crippen LogP contribution in [-0.2, 0) is 16.1 Å². The van der Waals surface area contributed by atoms with Crippen molar-refractivity contribution < 1.29 is 33.4 Å². The van der Waals surface area contributed by atoms with Crippen LogP contribution in [0.4, 0.5) is 0 Å². The average Bonchev–Trinajstić information content (AvgIpc) is 3.18. The van der Waals surface area contributed by atoms with E-state index in [4.69, 9.17) is 19.0 Å². The van der Waals surface area contributed by atoms with Gasteiger partial charge in [-0.05, 0) is 44.2 Å². The molecule has 2 rings (SSSR count). The second-order valence-electron chi connectivity index (χ2n) is 5.77. The van der Waals surface area contributed by atoms with Crippen LogP contribution in [0.5, 0.6) is 11.5 Å². The molecule has 1 aromatic carbocycles. The van der Waals surface area contributed by atoms with Crippen molar-refractivity contribution in [1.29, 1.82) is 0 Å². The zero-order valence-corrected chi connectivity index (χ0v) is 15.6. The van der Waals surface area contributed by atoms with Crippen LogP contribution in [0.2, 0.25) is 0 Å². The van der Waals surface area contributed by atoms with Gasteiger partial charge in [-0.3, -0.25) is 9.59 Å². The number of amides is 2. The van der Waals surface area contributed by atoms with Crippen LogP contribution in [-0.4, -0.2) is 42.1 Å². The van der Waals surface area contributed by atoms with Crippen molar-refractivity contribution >= 4 is 17.8 Å². The van der Waals surface area contributed by atoms with E-state index in [0.717, 1.165) is 0 Å². The molecule has 0 spiro atoms. The Morgan fingerprint density at radius 2 is 1.96 bits per heavy atom. The van der Waals surface area contributed by atoms with Gasteiger partial charge < -0.3 is 29.6 Å². The summed E-state index contributed by atoms with van der Waals surface area (Å²) in [5.74, 6) is -0.914. The average molecular weight is 390 g/mol. The van der Waals surface area contributed by atoms with Crippen molar-refractivity contribution in [2.45, 2.75) is 26.4 Å². The van der Waals surface area contributed by atoms with E-state index in [1.54, 1.807) is 26.0 Å². The molecule has 0 aliphatic heterocycles. The largest absolute Gasteiger partial charge is 0.490 e. The summed E-state index contributed by atoms with van der Waals surface area (Å²) < 4.78 is 15.7. The number of carboxylic acids is 1. The highest BCUT2D eigenvalue weighted by atomic mass is 16.5. The van der Waals surface area contributed by atoms with E-state index in [-0.39, 0.29) is 29.5 Å². The fourth-order valence-corrected chi connectivity index (χ4v) is 2.26. The lowest BCUT2D eigenvalue weighted by molar-refractivity contribution is -0.139. The van der Waals surface area contributed by atoms with Crippen LogP contribution < -0.4 is 20.1 Å². The van der Waals surface area contributed by atoms with Gasteiger partial charge in [0.25, 0.3) is 5.91 Å². The van der Waals surface area contributed by atoms with Crippen molar-refractivity contribution in [3.8, 4) is 11.5 Å². The van der Waals surface area contributed by atoms with E-state index >= 15 is 0 Å². The van der Waals surface area contributed by atoms with Gasteiger partial charge in [0.15, 0.2) is 18.1 Å². The molecule has 0 saturated carbocycles. The zero-order valence-electron chi connectivity index (χ0n) is 15.6. The molecule has 9 nitrogen and oxygen atoms in total. The molecular formula is C19H22N2O7. The van der Waals surface area contributed by atoms with Crippen molar-refractivity contribution in [1.82, 2.24) is 10.6 Å². The summed E-state index contributed by atoms with van der Waals surface area (Å²) in [6.07, 6.45) is 1.51. The maximum absolute atomic E-state index is 12.4. The summed E-state index contributed by atoms with van der Waals surface area (Å²) >= 11 is 0. The molecule has 9 heteroatoms. The van der Waals surface area contributed by atoms with Crippen LogP contribution in [0, 0.1) is 0 Å². The Hall–Kier alpha value is -3.49. The second-order valence-corrected chi connectivity index (χ2v) is 5.77. The topological polar surface area (TPSA) is 127 Å². The molecule has 0 bridgehead atoms. The van der Waals surface area contributed by atoms with Crippen LogP contribution in [0.25, 0.3) is 0 Å². The van der Waals surface area contributed by atoms with Crippen LogP contribution in [0.3, 0.4) is 0 Å². The van der Waals surface area contributed by atoms with Crippen LogP contribution in [0.1, 0.15) is 30.0 Å². The molecule has 150 valence electrons. The number of carbonyl (C=O) groups excluding carboxylic acids is 2. The highest BCUT2D eigenvalue weighted by Gasteiger charge is 2.18. The van der Waals surface area contributed by atoms with E-state index in [0.29, 0.717) is 12.4 Å². The lowest BCUT2D eigenvalue weighted by Crippen LogP contribution is -2.44. The van der Waals surface area contributed by atoms with Gasteiger partial charge in [0, 0.05) is 5.56 Å². The van der Waals surface area contributed by atoms with Crippen molar-refractivity contribution in [3.63, 3.8) is 0 Å². The number of ether oxygens (including phenoxy) is 2. The minimum atomic E-state index is -1.13. The van der Waals surface area contributed by atoms with Gasteiger partial charge in [-0.15, -0.1) is 0 Å². The predicted octanol–water partition coefficient (Wildman–Crippen LogP) is 1.58. The molecule has 3 N–H and O–H groups in total. The van der Waals surface area contributed by atoms with E-state index < -0.39 is 24.5 Å². The molecule has 2 amide bonds. The van der Waals surface area contributed by atoms with Gasteiger partial charge >= 0.3 is 5.97 Å². The molecule has 28 heavy (non-hydrogen) atoms. The molecule has 1 atom stereocenters. The minimum Gasteiger partial charge on any atom is -0.490 e. The third-order valence-corrected chi connectivity index (χ3v) is 3.61. The van der Waals surface area contributed by atoms with Gasteiger partial charge in [0.2, 0.25) is 5.91 Å². The Morgan fingerprint density at radius 1 is 1.18 bits per heavy atom. The second kappa shape index (κ2) is 10.0. The molecule has 0 radical (unpaired) electrons. The molecule has 0 aliphatic rings. The Bertz CT molecular complexity index is 818. The first-order valence-electron chi connectivity index (χ1n) is 8.63. The van der Waals surface area contributed by atoms with Crippen molar-refractivity contribution in [2.24, 2.45) is 0 Å². The third-order valence-electron chi connectivity index (χ3n) is 3.61. The molecule has 1 heterocycles. The maximum Gasteiger partial charge on any atom is 0.341 e. The highest BCUT2D eigenvalue weighted by Crippen LogP contribution is 2.28. The molecule has 0 fully saturated rings. The number of hydrogen-bond acceptors (Lipinski definition) is 6. The first-order valence-corrected chi connectivity index (χ1v) is 8.63. The normalized spacial score (nSPS) is 11.4. The molecule has 1 aromatic heterocycles. The monoisotopic (exact) mass is 390 g/mol. The number of nitrogens with one attached hydrogen (secondary N) is 2. The summed E-state index contributed by atoms with van der Waals surface area (Å²) in [7, 11) is 0. The van der Waals surface area contributed by atoms with Gasteiger partial charge in [0.05, 0.1) is 19.4 Å². The summed E-state index contributed by atoms with van der Waals surface area (Å²) in [5, 5.41) is 14.0. The molecular weight excluding hydrogens is 368 g/mol. The number of carboxylic acid groups (broad SMARTS) is 1. The Morgan fingerprint density at radius 3 is 2.61 bits per heavy atom. The van der Waals surface area contributed by atoms with E-state index in [2.05, 4.69) is 10.6 Å². The number of carbonyl (C=O) groups is 3. The van der Waals surface area contributed by atoms with E-state index in [1.165, 1.54) is 24.5 Å². The van der Waals surface area contributed by atoms with Gasteiger partial charge in [0.1, 0.15) is 11.8 Å². The smallest absolute Gasteiger partial charge is 0.341 e. The summed E-state index contributed by atoms with van der Waals surface area (Å²) in [4.78, 5) is 35.2. The highest BCUT2D eigenvalue weighted by molar-refractivity contribution is 5.97. The van der Waals surface area contributed by atoms with Gasteiger partial charge in [-0.2, -0.15) is 0 Å². The summed E-state index contributed by atoms with van der Waals surface area (Å²) in [6, 6.07) is 7.01. The van der Waals surface area contributed by atoms with Crippen molar-refractivity contribution in [3.05, 3.63) is 47.9 Å². The van der Waals surface area contributed by atoms with E-state index in [1.807, 2.05) is 0 Å². The number of furan rings is 1. The minimum absolute atomic E-state index is 0.213. The number of benzene rings is 1. The van der Waals surface area contributed by atoms with Gasteiger partial charge in [-0.1, -0.05) is 0 Å². The van der Waals surface area contributed by atoms with Gasteiger partial charge in [-0.25, -0.2) is 4.79 Å². The Kier molecular flexibility index (Phi) is 7.44. The summed E-state index contributed by atoms with van der Waals surface area (Å²) in [6.45, 7) is 3.30.